The van der Waals surface area contributed by atoms with E-state index in [2.05, 4.69) is 15.3 Å². The van der Waals surface area contributed by atoms with Crippen molar-refractivity contribution >= 4 is 5.82 Å². The maximum absolute atomic E-state index is 12.1. The zero-order valence-electron chi connectivity index (χ0n) is 11.7. The van der Waals surface area contributed by atoms with Crippen molar-refractivity contribution in [1.82, 2.24) is 14.5 Å². The van der Waals surface area contributed by atoms with Crippen LogP contribution in [0.4, 0.5) is 5.82 Å². The van der Waals surface area contributed by atoms with Crippen LogP contribution in [0.2, 0.25) is 0 Å². The first-order valence-electron chi connectivity index (χ1n) is 6.53. The molecule has 0 aliphatic rings. The Kier molecular flexibility index (Phi) is 4.70. The van der Waals surface area contributed by atoms with Crippen molar-refractivity contribution in [2.75, 3.05) is 12.4 Å². The average Bonchev–Trinajstić information content (AvgIpc) is 2.49. The molecule has 106 valence electrons. The Morgan fingerprint density at radius 2 is 2.20 bits per heavy atom. The summed E-state index contributed by atoms with van der Waals surface area (Å²) in [5.74, 6) is 0.925. The minimum Gasteiger partial charge on any atom is -0.481 e. The molecule has 6 heteroatoms. The van der Waals surface area contributed by atoms with Crippen molar-refractivity contribution in [1.29, 1.82) is 0 Å². The fourth-order valence-electron chi connectivity index (χ4n) is 1.81. The molecule has 0 spiro atoms. The Labute approximate surface area is 117 Å². The molecular formula is C14H18N4O2. The van der Waals surface area contributed by atoms with Gasteiger partial charge in [0, 0.05) is 37.7 Å². The van der Waals surface area contributed by atoms with E-state index in [9.17, 15) is 4.79 Å². The summed E-state index contributed by atoms with van der Waals surface area (Å²) in [6, 6.07) is 3.68. The summed E-state index contributed by atoms with van der Waals surface area (Å²) >= 11 is 0. The third kappa shape index (κ3) is 3.34. The van der Waals surface area contributed by atoms with Gasteiger partial charge in [-0.05, 0) is 12.0 Å². The highest BCUT2D eigenvalue weighted by Crippen LogP contribution is 2.07. The standard InChI is InChI=1S/C14H18N4O2/c1-3-7-18-8-6-15-13(14(18)19)17-10-11-4-5-12(20-2)16-9-11/h4-6,8-9H,3,7,10H2,1-2H3,(H,15,17). The van der Waals surface area contributed by atoms with Crippen LogP contribution >= 0.6 is 0 Å². The minimum atomic E-state index is -0.101. The van der Waals surface area contributed by atoms with Crippen molar-refractivity contribution in [2.45, 2.75) is 26.4 Å². The molecule has 0 radical (unpaired) electrons. The minimum absolute atomic E-state index is 0.101. The summed E-state index contributed by atoms with van der Waals surface area (Å²) in [7, 11) is 1.57. The fourth-order valence-corrected chi connectivity index (χ4v) is 1.81. The van der Waals surface area contributed by atoms with Gasteiger partial charge in [0.15, 0.2) is 5.82 Å². The number of aromatic nitrogens is 3. The number of rotatable bonds is 6. The molecular weight excluding hydrogens is 256 g/mol. The second kappa shape index (κ2) is 6.70. The number of ether oxygens (including phenoxy) is 1. The summed E-state index contributed by atoms with van der Waals surface area (Å²) in [5.41, 5.74) is 0.855. The second-order valence-electron chi connectivity index (χ2n) is 4.34. The van der Waals surface area contributed by atoms with Crippen LogP contribution in [0.3, 0.4) is 0 Å². The van der Waals surface area contributed by atoms with Crippen molar-refractivity contribution in [2.24, 2.45) is 0 Å². The van der Waals surface area contributed by atoms with Crippen LogP contribution in [0.15, 0.2) is 35.5 Å². The Bertz CT molecular complexity index is 607. The molecule has 2 rings (SSSR count). The van der Waals surface area contributed by atoms with Gasteiger partial charge in [0.1, 0.15) is 0 Å². The third-order valence-corrected chi connectivity index (χ3v) is 2.84. The van der Waals surface area contributed by atoms with Crippen LogP contribution in [-0.2, 0) is 13.1 Å². The lowest BCUT2D eigenvalue weighted by molar-refractivity contribution is 0.397. The van der Waals surface area contributed by atoms with Crippen LogP contribution in [-0.4, -0.2) is 21.6 Å². The Morgan fingerprint density at radius 1 is 1.35 bits per heavy atom. The molecule has 2 aromatic heterocycles. The normalized spacial score (nSPS) is 10.3. The molecule has 0 saturated carbocycles. The van der Waals surface area contributed by atoms with Gasteiger partial charge in [-0.1, -0.05) is 13.0 Å². The van der Waals surface area contributed by atoms with Gasteiger partial charge in [-0.15, -0.1) is 0 Å². The number of anilines is 1. The molecule has 0 atom stereocenters. The molecule has 0 aliphatic carbocycles. The SMILES string of the molecule is CCCn1ccnc(NCc2ccc(OC)nc2)c1=O. The zero-order chi connectivity index (χ0) is 14.4. The average molecular weight is 274 g/mol. The van der Waals surface area contributed by atoms with Gasteiger partial charge in [0.2, 0.25) is 5.88 Å². The number of hydrogen-bond donors (Lipinski definition) is 1. The quantitative estimate of drug-likeness (QED) is 0.867. The molecule has 1 N–H and O–H groups in total. The van der Waals surface area contributed by atoms with E-state index in [-0.39, 0.29) is 5.56 Å². The van der Waals surface area contributed by atoms with Crippen LogP contribution in [0, 0.1) is 0 Å². The number of methoxy groups -OCH3 is 1. The summed E-state index contributed by atoms with van der Waals surface area (Å²) in [4.78, 5) is 20.3. The topological polar surface area (TPSA) is 69.0 Å². The third-order valence-electron chi connectivity index (χ3n) is 2.84. The molecule has 2 aromatic rings. The summed E-state index contributed by atoms with van der Waals surface area (Å²) < 4.78 is 6.65. The van der Waals surface area contributed by atoms with Crippen molar-refractivity contribution in [3.8, 4) is 5.88 Å². The van der Waals surface area contributed by atoms with Gasteiger partial charge in [-0.2, -0.15) is 0 Å². The molecule has 0 unspecified atom stereocenters. The predicted molar refractivity (Wildman–Crippen MR) is 76.9 cm³/mol. The van der Waals surface area contributed by atoms with Crippen molar-refractivity contribution < 1.29 is 4.74 Å². The van der Waals surface area contributed by atoms with E-state index < -0.39 is 0 Å². The molecule has 0 fully saturated rings. The van der Waals surface area contributed by atoms with E-state index in [1.54, 1.807) is 36.3 Å². The zero-order valence-corrected chi connectivity index (χ0v) is 11.7. The van der Waals surface area contributed by atoms with E-state index in [4.69, 9.17) is 4.74 Å². The lowest BCUT2D eigenvalue weighted by atomic mass is 10.3. The van der Waals surface area contributed by atoms with Gasteiger partial charge in [0.05, 0.1) is 7.11 Å². The van der Waals surface area contributed by atoms with E-state index in [0.29, 0.717) is 24.8 Å². The first-order valence-corrected chi connectivity index (χ1v) is 6.53. The van der Waals surface area contributed by atoms with Gasteiger partial charge < -0.3 is 14.6 Å². The molecule has 0 aliphatic heterocycles. The first-order chi connectivity index (χ1) is 9.74. The van der Waals surface area contributed by atoms with E-state index in [0.717, 1.165) is 12.0 Å². The second-order valence-corrected chi connectivity index (χ2v) is 4.34. The molecule has 2 heterocycles. The van der Waals surface area contributed by atoms with Gasteiger partial charge in [-0.3, -0.25) is 4.79 Å². The lowest BCUT2D eigenvalue weighted by Crippen LogP contribution is -2.24. The smallest absolute Gasteiger partial charge is 0.293 e. The monoisotopic (exact) mass is 274 g/mol. The van der Waals surface area contributed by atoms with Crippen LogP contribution < -0.4 is 15.6 Å². The molecule has 0 amide bonds. The molecule has 0 bridgehead atoms. The largest absolute Gasteiger partial charge is 0.481 e. The van der Waals surface area contributed by atoms with Crippen LogP contribution in [0.5, 0.6) is 5.88 Å². The Morgan fingerprint density at radius 3 is 2.85 bits per heavy atom. The van der Waals surface area contributed by atoms with Gasteiger partial charge in [-0.25, -0.2) is 9.97 Å². The van der Waals surface area contributed by atoms with Gasteiger partial charge in [0.25, 0.3) is 5.56 Å². The first kappa shape index (κ1) is 14.0. The van der Waals surface area contributed by atoms with Crippen LogP contribution in [0.25, 0.3) is 0 Å². The highest BCUT2D eigenvalue weighted by Gasteiger charge is 2.04. The number of pyridine rings is 1. The van der Waals surface area contributed by atoms with Crippen LogP contribution in [0.1, 0.15) is 18.9 Å². The maximum atomic E-state index is 12.1. The van der Waals surface area contributed by atoms with E-state index in [1.165, 1.54) is 0 Å². The van der Waals surface area contributed by atoms with Gasteiger partial charge >= 0.3 is 0 Å². The van der Waals surface area contributed by atoms with Crippen molar-refractivity contribution in [3.05, 3.63) is 46.6 Å². The summed E-state index contributed by atoms with van der Waals surface area (Å²) in [6.07, 6.45) is 5.95. The highest BCUT2D eigenvalue weighted by atomic mass is 16.5. The Balaban J connectivity index is 2.06. The lowest BCUT2D eigenvalue weighted by Gasteiger charge is -2.08. The fraction of sp³-hybridized carbons (Fsp3) is 0.357. The predicted octanol–water partition coefficient (Wildman–Crippen LogP) is 1.67. The molecule has 0 aromatic carbocycles. The number of aryl methyl sites for hydroxylation is 1. The summed E-state index contributed by atoms with van der Waals surface area (Å²) in [6.45, 7) is 3.22. The number of nitrogens with zero attached hydrogens (tertiary/aromatic N) is 3. The van der Waals surface area contributed by atoms with E-state index >= 15 is 0 Å². The Hall–Kier alpha value is -2.37. The maximum Gasteiger partial charge on any atom is 0.293 e. The highest BCUT2D eigenvalue weighted by molar-refractivity contribution is 5.32. The molecule has 0 saturated heterocycles. The molecule has 20 heavy (non-hydrogen) atoms. The number of nitrogens with one attached hydrogen (secondary N) is 1. The van der Waals surface area contributed by atoms with Crippen molar-refractivity contribution in [3.63, 3.8) is 0 Å². The molecule has 6 nitrogen and oxygen atoms in total. The summed E-state index contributed by atoms with van der Waals surface area (Å²) in [5, 5.41) is 3.04. The number of hydrogen-bond acceptors (Lipinski definition) is 5. The van der Waals surface area contributed by atoms with E-state index in [1.807, 2.05) is 13.0 Å².